The minimum Gasteiger partial charge on any atom is -0.0622 e. The molecule has 1 rings (SSSR count). The fourth-order valence-corrected chi connectivity index (χ4v) is 0.522. The molecule has 0 aliphatic carbocycles. The molecule has 0 bridgehead atoms. The maximum Gasteiger partial charge on any atom is 0.0635 e. The fourth-order valence-electron chi connectivity index (χ4n) is 0.293. The number of benzene rings is 1. The Hall–Kier alpha value is -0.300. The first-order valence-electron chi connectivity index (χ1n) is 3.34. The van der Waals surface area contributed by atoms with Crippen molar-refractivity contribution >= 4 is 15.9 Å². The summed E-state index contributed by atoms with van der Waals surface area (Å²) in [5.41, 5.74) is 0. The molecular formula is C6H5Br. The van der Waals surface area contributed by atoms with Crippen LogP contribution in [-0.2, 0) is 0 Å². The second kappa shape index (κ2) is 2.12. The lowest BCUT2D eigenvalue weighted by molar-refractivity contribution is 1.66. The Balaban J connectivity index is 3.31. The highest BCUT2D eigenvalue weighted by atomic mass is 79.9. The predicted octanol–water partition coefficient (Wildman–Crippen LogP) is 2.45. The van der Waals surface area contributed by atoms with Gasteiger partial charge in [0.15, 0.2) is 0 Å². The monoisotopic (exact) mass is 159 g/mol. The van der Waals surface area contributed by atoms with Crippen molar-refractivity contribution in [3.05, 3.63) is 34.7 Å². The van der Waals surface area contributed by atoms with E-state index in [4.69, 9.17) is 4.11 Å². The third-order valence-electron chi connectivity index (χ3n) is 0.564. The smallest absolute Gasteiger partial charge is 0.0622 e. The normalized spacial score (nSPS) is 14.7. The van der Waals surface area contributed by atoms with Gasteiger partial charge in [0.2, 0.25) is 0 Å². The summed E-state index contributed by atoms with van der Waals surface area (Å²) in [6.07, 6.45) is 0. The molecule has 7 heavy (non-hydrogen) atoms. The quantitative estimate of drug-likeness (QED) is 0.546. The maximum atomic E-state index is 7.21. The Kier molecular flexibility index (Phi) is 0.702. The summed E-state index contributed by atoms with van der Waals surface area (Å²) in [5, 5.41) is 0. The lowest BCUT2D eigenvalue weighted by Gasteiger charge is -1.80. The van der Waals surface area contributed by atoms with Crippen LogP contribution in [0.15, 0.2) is 34.7 Å². The van der Waals surface area contributed by atoms with Gasteiger partial charge < -0.3 is 0 Å². The van der Waals surface area contributed by atoms with Crippen LogP contribution in [0.3, 0.4) is 0 Å². The van der Waals surface area contributed by atoms with Gasteiger partial charge in [-0.1, -0.05) is 34.1 Å². The zero-order valence-electron chi connectivity index (χ0n) is 6.53. The van der Waals surface area contributed by atoms with Crippen LogP contribution in [0.5, 0.6) is 0 Å². The van der Waals surface area contributed by atoms with Gasteiger partial charge in [-0.25, -0.2) is 0 Å². The summed E-state index contributed by atoms with van der Waals surface area (Å²) in [6.45, 7) is 0. The molecule has 0 heterocycles. The van der Waals surface area contributed by atoms with Crippen molar-refractivity contribution in [3.8, 4) is 0 Å². The summed E-state index contributed by atoms with van der Waals surface area (Å²) < 4.78 is 22.0. The van der Waals surface area contributed by atoms with Crippen molar-refractivity contribution in [3.63, 3.8) is 0 Å². The molecule has 0 saturated heterocycles. The highest BCUT2D eigenvalue weighted by Gasteiger charge is 1.74. The number of halogens is 1. The van der Waals surface area contributed by atoms with Gasteiger partial charge in [0.25, 0.3) is 0 Å². The summed E-state index contributed by atoms with van der Waals surface area (Å²) in [6, 6.07) is 3.37. The number of hydrogen-bond donors (Lipinski definition) is 0. The molecule has 0 N–H and O–H groups in total. The van der Waals surface area contributed by atoms with Gasteiger partial charge in [0.1, 0.15) is 0 Å². The van der Waals surface area contributed by atoms with E-state index in [1.54, 1.807) is 0 Å². The van der Waals surface area contributed by atoms with E-state index >= 15 is 0 Å². The van der Waals surface area contributed by atoms with Crippen LogP contribution in [0.25, 0.3) is 0 Å². The Labute approximate surface area is 55.5 Å². The topological polar surface area (TPSA) is 0 Å². The standard InChI is InChI=1S/C6H5Br/c7-6-4-2-1-3-5-6/h1-5H/i1D,4D,5D. The van der Waals surface area contributed by atoms with Gasteiger partial charge in [-0.2, -0.15) is 0 Å². The molecule has 0 atom stereocenters. The van der Waals surface area contributed by atoms with E-state index in [1.165, 1.54) is 12.1 Å². The van der Waals surface area contributed by atoms with Gasteiger partial charge in [0.05, 0.1) is 4.11 Å². The van der Waals surface area contributed by atoms with E-state index in [0.29, 0.717) is 4.47 Å². The first-order valence-corrected chi connectivity index (χ1v) is 2.64. The molecule has 1 heteroatoms. The molecule has 36 valence electrons. The van der Waals surface area contributed by atoms with Crippen molar-refractivity contribution in [2.75, 3.05) is 0 Å². The molecule has 0 saturated carbocycles. The maximum absolute atomic E-state index is 7.21. The zero-order valence-corrected chi connectivity index (χ0v) is 5.12. The Morgan fingerprint density at radius 2 is 2.00 bits per heavy atom. The molecule has 0 nitrogen and oxygen atoms in total. The Bertz CT molecular complexity index is 236. The highest BCUT2D eigenvalue weighted by molar-refractivity contribution is 9.10. The van der Waals surface area contributed by atoms with E-state index in [-0.39, 0.29) is 18.1 Å². The summed E-state index contributed by atoms with van der Waals surface area (Å²) in [7, 11) is 0. The third kappa shape index (κ3) is 1.32. The number of rotatable bonds is 0. The fraction of sp³-hybridized carbons (Fsp3) is 0. The molecule has 1 aromatic carbocycles. The molecule has 0 amide bonds. The summed E-state index contributed by atoms with van der Waals surface area (Å²) in [5.74, 6) is 0. The zero-order chi connectivity index (χ0) is 7.72. The van der Waals surface area contributed by atoms with Crippen molar-refractivity contribution in [1.29, 1.82) is 0 Å². The van der Waals surface area contributed by atoms with Gasteiger partial charge in [0, 0.05) is 4.47 Å². The van der Waals surface area contributed by atoms with Crippen LogP contribution in [0.4, 0.5) is 0 Å². The molecule has 1 aromatic rings. The molecule has 0 unspecified atom stereocenters. The molecule has 0 radical (unpaired) electrons. The Morgan fingerprint density at radius 1 is 1.43 bits per heavy atom. The average Bonchev–Trinajstić information content (AvgIpc) is 1.82. The first kappa shape index (κ1) is 2.31. The lowest BCUT2D eigenvalue weighted by Crippen LogP contribution is -1.55. The second-order valence-electron chi connectivity index (χ2n) is 1.06. The van der Waals surface area contributed by atoms with Crippen LogP contribution in [0.2, 0.25) is 0 Å². The van der Waals surface area contributed by atoms with Crippen LogP contribution < -0.4 is 0 Å². The summed E-state index contributed by atoms with van der Waals surface area (Å²) in [4.78, 5) is 0. The van der Waals surface area contributed by atoms with Gasteiger partial charge in [-0.05, 0) is 12.1 Å². The third-order valence-corrected chi connectivity index (χ3v) is 1.02. The molecule has 0 aliphatic heterocycles. The van der Waals surface area contributed by atoms with Crippen LogP contribution in [0.1, 0.15) is 4.11 Å². The van der Waals surface area contributed by atoms with Crippen LogP contribution >= 0.6 is 15.9 Å². The molecule has 0 aliphatic rings. The van der Waals surface area contributed by atoms with Crippen molar-refractivity contribution in [2.24, 2.45) is 0 Å². The van der Waals surface area contributed by atoms with Gasteiger partial charge in [-0.3, -0.25) is 0 Å². The van der Waals surface area contributed by atoms with E-state index in [1.807, 2.05) is 0 Å². The molecule has 0 aromatic heterocycles. The van der Waals surface area contributed by atoms with E-state index in [0.717, 1.165) is 0 Å². The van der Waals surface area contributed by atoms with Gasteiger partial charge in [-0.15, -0.1) is 0 Å². The van der Waals surface area contributed by atoms with Crippen molar-refractivity contribution in [1.82, 2.24) is 0 Å². The van der Waals surface area contributed by atoms with Gasteiger partial charge >= 0.3 is 0 Å². The second-order valence-corrected chi connectivity index (χ2v) is 1.85. The SMILES string of the molecule is [2H]c1cc([2H])c(Br)c([2H])c1. The molecule has 0 spiro atoms. The van der Waals surface area contributed by atoms with E-state index in [2.05, 4.69) is 15.9 Å². The minimum absolute atomic E-state index is 0.192. The molecular weight excluding hydrogens is 152 g/mol. The predicted molar refractivity (Wildman–Crippen MR) is 34.1 cm³/mol. The summed E-state index contributed by atoms with van der Waals surface area (Å²) >= 11 is 3.05. The lowest BCUT2D eigenvalue weighted by atomic mass is 10.4. The average molecular weight is 160 g/mol. The first-order chi connectivity index (χ1) is 4.61. The minimum atomic E-state index is 0.192. The Morgan fingerprint density at radius 3 is 2.57 bits per heavy atom. The highest BCUT2D eigenvalue weighted by Crippen LogP contribution is 2.05. The van der Waals surface area contributed by atoms with Crippen molar-refractivity contribution in [2.45, 2.75) is 0 Å². The van der Waals surface area contributed by atoms with E-state index in [9.17, 15) is 0 Å². The van der Waals surface area contributed by atoms with Crippen LogP contribution in [0, 0.1) is 0 Å². The van der Waals surface area contributed by atoms with Crippen molar-refractivity contribution < 1.29 is 4.11 Å². The van der Waals surface area contributed by atoms with E-state index < -0.39 is 0 Å². The number of hydrogen-bond acceptors (Lipinski definition) is 0. The van der Waals surface area contributed by atoms with Crippen LogP contribution in [-0.4, -0.2) is 0 Å². The largest absolute Gasteiger partial charge is 0.0635 e. The molecule has 0 fully saturated rings.